The molecule has 2 aromatic rings. The predicted octanol–water partition coefficient (Wildman–Crippen LogP) is 1.39. The summed E-state index contributed by atoms with van der Waals surface area (Å²) in [4.78, 5) is 19.8. The van der Waals surface area contributed by atoms with Crippen LogP contribution in [0.4, 0.5) is 13.2 Å². The SMILES string of the molecule is CC1OCCC1(F)C(=O)NCCC(F)(F)Cn1cc(-c2cnccn2)nn1. The summed E-state index contributed by atoms with van der Waals surface area (Å²) in [6.45, 7) is 0.481. The molecule has 3 rings (SSSR count). The van der Waals surface area contributed by atoms with Crippen molar-refractivity contribution >= 4 is 5.91 Å². The van der Waals surface area contributed by atoms with Gasteiger partial charge in [-0.1, -0.05) is 5.21 Å². The first kappa shape index (κ1) is 19.2. The fourth-order valence-corrected chi connectivity index (χ4v) is 2.76. The van der Waals surface area contributed by atoms with Gasteiger partial charge in [-0.2, -0.15) is 0 Å². The maximum atomic E-state index is 14.5. The summed E-state index contributed by atoms with van der Waals surface area (Å²) in [5.74, 6) is -4.09. The zero-order valence-corrected chi connectivity index (χ0v) is 14.6. The van der Waals surface area contributed by atoms with Gasteiger partial charge in [0.25, 0.3) is 11.8 Å². The molecule has 27 heavy (non-hydrogen) atoms. The average molecular weight is 384 g/mol. The second-order valence-corrected chi connectivity index (χ2v) is 6.38. The molecule has 0 bridgehead atoms. The molecule has 1 N–H and O–H groups in total. The first-order chi connectivity index (χ1) is 12.8. The van der Waals surface area contributed by atoms with Crippen molar-refractivity contribution in [1.29, 1.82) is 0 Å². The third-order valence-corrected chi connectivity index (χ3v) is 4.39. The molecule has 0 aliphatic carbocycles. The highest BCUT2D eigenvalue weighted by Gasteiger charge is 2.48. The average Bonchev–Trinajstić information content (AvgIpc) is 3.23. The highest BCUT2D eigenvalue weighted by molar-refractivity contribution is 5.86. The van der Waals surface area contributed by atoms with Crippen molar-refractivity contribution < 1.29 is 22.7 Å². The molecule has 1 amide bonds. The summed E-state index contributed by atoms with van der Waals surface area (Å²) in [5.41, 5.74) is -1.44. The lowest BCUT2D eigenvalue weighted by molar-refractivity contribution is -0.136. The molecule has 1 fully saturated rings. The van der Waals surface area contributed by atoms with Gasteiger partial charge in [-0.05, 0) is 6.92 Å². The highest BCUT2D eigenvalue weighted by atomic mass is 19.3. The number of amides is 1. The minimum atomic E-state index is -3.16. The van der Waals surface area contributed by atoms with E-state index in [1.807, 2.05) is 0 Å². The fourth-order valence-electron chi connectivity index (χ4n) is 2.76. The maximum Gasteiger partial charge on any atom is 0.269 e. The molecule has 0 saturated carbocycles. The normalized spacial score (nSPS) is 22.7. The Morgan fingerprint density at radius 3 is 2.93 bits per heavy atom. The molecule has 1 aliphatic heterocycles. The molecule has 3 heterocycles. The van der Waals surface area contributed by atoms with Crippen LogP contribution in [0.2, 0.25) is 0 Å². The number of alkyl halides is 3. The molecule has 1 aliphatic rings. The van der Waals surface area contributed by atoms with Crippen molar-refractivity contribution in [3.05, 3.63) is 24.8 Å². The zero-order valence-electron chi connectivity index (χ0n) is 14.6. The number of carbonyl (C=O) groups is 1. The fraction of sp³-hybridized carbons (Fsp3) is 0.562. The van der Waals surface area contributed by atoms with Crippen LogP contribution in [0.5, 0.6) is 0 Å². The van der Waals surface area contributed by atoms with E-state index >= 15 is 0 Å². The van der Waals surface area contributed by atoms with Crippen LogP contribution in [-0.2, 0) is 16.1 Å². The van der Waals surface area contributed by atoms with Crippen LogP contribution in [0.15, 0.2) is 24.8 Å². The van der Waals surface area contributed by atoms with E-state index in [0.717, 1.165) is 4.68 Å². The van der Waals surface area contributed by atoms with Crippen molar-refractivity contribution in [1.82, 2.24) is 30.3 Å². The molecule has 0 radical (unpaired) electrons. The van der Waals surface area contributed by atoms with Crippen molar-refractivity contribution in [3.8, 4) is 11.4 Å². The minimum absolute atomic E-state index is 0.0828. The number of rotatable bonds is 7. The molecule has 146 valence electrons. The largest absolute Gasteiger partial charge is 0.374 e. The number of halogens is 3. The van der Waals surface area contributed by atoms with Gasteiger partial charge in [-0.3, -0.25) is 14.8 Å². The second kappa shape index (κ2) is 7.59. The Labute approximate surface area is 153 Å². The van der Waals surface area contributed by atoms with Gasteiger partial charge in [-0.25, -0.2) is 17.9 Å². The first-order valence-corrected chi connectivity index (χ1v) is 8.43. The Hall–Kier alpha value is -2.56. The number of nitrogens with zero attached hydrogens (tertiary/aromatic N) is 5. The molecule has 2 unspecified atom stereocenters. The Kier molecular flexibility index (Phi) is 5.40. The summed E-state index contributed by atoms with van der Waals surface area (Å²) < 4.78 is 48.8. The van der Waals surface area contributed by atoms with Crippen LogP contribution >= 0.6 is 0 Å². The van der Waals surface area contributed by atoms with Gasteiger partial charge in [0.15, 0.2) is 0 Å². The number of nitrogens with one attached hydrogen (secondary N) is 1. The summed E-state index contributed by atoms with van der Waals surface area (Å²) >= 11 is 0. The number of hydrogen-bond acceptors (Lipinski definition) is 6. The molecule has 0 aromatic carbocycles. The van der Waals surface area contributed by atoms with Crippen LogP contribution < -0.4 is 5.32 Å². The number of hydrogen-bond donors (Lipinski definition) is 1. The van der Waals surface area contributed by atoms with Gasteiger partial charge in [0.05, 0.1) is 25.1 Å². The van der Waals surface area contributed by atoms with E-state index in [4.69, 9.17) is 4.74 Å². The van der Waals surface area contributed by atoms with Crippen LogP contribution in [0.1, 0.15) is 19.8 Å². The summed E-state index contributed by atoms with van der Waals surface area (Å²) in [7, 11) is 0. The van der Waals surface area contributed by atoms with Gasteiger partial charge in [0, 0.05) is 31.8 Å². The molecule has 8 nitrogen and oxygen atoms in total. The highest BCUT2D eigenvalue weighted by Crippen LogP contribution is 2.30. The topological polar surface area (TPSA) is 94.8 Å². The quantitative estimate of drug-likeness (QED) is 0.775. The molecular weight excluding hydrogens is 365 g/mol. The number of carbonyl (C=O) groups excluding carboxylic acids is 1. The van der Waals surface area contributed by atoms with E-state index in [9.17, 15) is 18.0 Å². The van der Waals surface area contributed by atoms with E-state index in [2.05, 4.69) is 25.6 Å². The Morgan fingerprint density at radius 1 is 1.44 bits per heavy atom. The maximum absolute atomic E-state index is 14.5. The Bertz CT molecular complexity index is 787. The van der Waals surface area contributed by atoms with Crippen LogP contribution in [-0.4, -0.2) is 61.7 Å². The standard InChI is InChI=1S/C16H19F3N6O2/c1-11-16(19,3-7-27-11)14(26)22-4-2-15(17,18)10-25-9-13(23-24-25)12-8-20-5-6-21-12/h5-6,8-9,11H,2-4,7,10H2,1H3,(H,22,26). The summed E-state index contributed by atoms with van der Waals surface area (Å²) in [6, 6.07) is 0. The molecule has 2 aromatic heterocycles. The smallest absolute Gasteiger partial charge is 0.269 e. The van der Waals surface area contributed by atoms with Crippen molar-refractivity contribution in [2.75, 3.05) is 13.2 Å². The van der Waals surface area contributed by atoms with E-state index in [-0.39, 0.29) is 19.6 Å². The second-order valence-electron chi connectivity index (χ2n) is 6.38. The van der Waals surface area contributed by atoms with E-state index in [0.29, 0.717) is 11.4 Å². The van der Waals surface area contributed by atoms with Crippen molar-refractivity contribution in [3.63, 3.8) is 0 Å². The lowest BCUT2D eigenvalue weighted by atomic mass is 9.98. The first-order valence-electron chi connectivity index (χ1n) is 8.43. The van der Waals surface area contributed by atoms with Crippen LogP contribution in [0.25, 0.3) is 11.4 Å². The monoisotopic (exact) mass is 384 g/mol. The Morgan fingerprint density at radius 2 is 2.26 bits per heavy atom. The van der Waals surface area contributed by atoms with E-state index in [1.165, 1.54) is 31.7 Å². The lowest BCUT2D eigenvalue weighted by Crippen LogP contribution is -2.48. The summed E-state index contributed by atoms with van der Waals surface area (Å²) in [5, 5.41) is 9.68. The van der Waals surface area contributed by atoms with Gasteiger partial charge < -0.3 is 10.1 Å². The molecule has 1 saturated heterocycles. The zero-order chi connectivity index (χ0) is 19.5. The molecular formula is C16H19F3N6O2. The lowest BCUT2D eigenvalue weighted by Gasteiger charge is -2.23. The van der Waals surface area contributed by atoms with Gasteiger partial charge >= 0.3 is 0 Å². The Balaban J connectivity index is 1.52. The predicted molar refractivity (Wildman–Crippen MR) is 87.5 cm³/mol. The third kappa shape index (κ3) is 4.41. The summed E-state index contributed by atoms with van der Waals surface area (Å²) in [6.07, 6.45) is 4.08. The van der Waals surface area contributed by atoms with Crippen molar-refractivity contribution in [2.45, 2.75) is 44.0 Å². The van der Waals surface area contributed by atoms with Crippen LogP contribution in [0, 0.1) is 0 Å². The molecule has 2 atom stereocenters. The van der Waals surface area contributed by atoms with Gasteiger partial charge in [-0.15, -0.1) is 5.10 Å². The number of ether oxygens (including phenoxy) is 1. The van der Waals surface area contributed by atoms with Crippen LogP contribution in [0.3, 0.4) is 0 Å². The number of aromatic nitrogens is 5. The van der Waals surface area contributed by atoms with E-state index in [1.54, 1.807) is 0 Å². The van der Waals surface area contributed by atoms with E-state index < -0.39 is 36.6 Å². The van der Waals surface area contributed by atoms with Gasteiger partial charge in [0.1, 0.15) is 17.9 Å². The van der Waals surface area contributed by atoms with Crippen molar-refractivity contribution in [2.24, 2.45) is 0 Å². The minimum Gasteiger partial charge on any atom is -0.374 e. The van der Waals surface area contributed by atoms with Gasteiger partial charge in [0.2, 0.25) is 5.67 Å². The molecule has 11 heteroatoms. The third-order valence-electron chi connectivity index (χ3n) is 4.39. The molecule has 0 spiro atoms.